The third-order valence-electron chi connectivity index (χ3n) is 4.41. The first-order chi connectivity index (χ1) is 15.8. The summed E-state index contributed by atoms with van der Waals surface area (Å²) >= 11 is 6.87. The summed E-state index contributed by atoms with van der Waals surface area (Å²) in [6.45, 7) is 0. The largest absolute Gasteiger partial charge is 0.493 e. The van der Waals surface area contributed by atoms with Crippen molar-refractivity contribution in [1.82, 2.24) is 5.32 Å². The number of thioether (sulfide) groups is 1. The van der Waals surface area contributed by atoms with Gasteiger partial charge in [0.15, 0.2) is 16.7 Å². The maximum absolute atomic E-state index is 12.2. The number of carbonyl (C=O) groups is 3. The molecule has 0 aliphatic carbocycles. The molecule has 0 aromatic heterocycles. The van der Waals surface area contributed by atoms with Gasteiger partial charge in [-0.05, 0) is 36.4 Å². The van der Waals surface area contributed by atoms with E-state index in [1.807, 2.05) is 0 Å². The average Bonchev–Trinajstić information content (AvgIpc) is 3.13. The van der Waals surface area contributed by atoms with Crippen LogP contribution in [0.2, 0.25) is 5.02 Å². The lowest BCUT2D eigenvalue weighted by Crippen LogP contribution is -2.28. The van der Waals surface area contributed by atoms with E-state index in [1.54, 1.807) is 30.3 Å². The number of methoxy groups -OCH3 is 2. The number of amidine groups is 1. The second kappa shape index (κ2) is 10.8. The van der Waals surface area contributed by atoms with Gasteiger partial charge in [-0.25, -0.2) is 4.79 Å². The Morgan fingerprint density at radius 1 is 1.21 bits per heavy atom. The lowest BCUT2D eigenvalue weighted by Gasteiger charge is -2.11. The van der Waals surface area contributed by atoms with Crippen LogP contribution in [0.15, 0.2) is 46.6 Å². The zero-order valence-electron chi connectivity index (χ0n) is 17.5. The molecule has 2 aromatic rings. The van der Waals surface area contributed by atoms with Gasteiger partial charge in [0.1, 0.15) is 10.8 Å². The van der Waals surface area contributed by atoms with E-state index in [9.17, 15) is 19.5 Å². The molecule has 1 saturated heterocycles. The Labute approximate surface area is 198 Å². The van der Waals surface area contributed by atoms with E-state index >= 15 is 0 Å². The van der Waals surface area contributed by atoms with E-state index in [4.69, 9.17) is 21.1 Å². The van der Waals surface area contributed by atoms with Crippen LogP contribution >= 0.6 is 23.4 Å². The summed E-state index contributed by atoms with van der Waals surface area (Å²) in [7, 11) is 2.73. The number of carboxylic acid groups (broad SMARTS) is 1. The highest BCUT2D eigenvalue weighted by atomic mass is 35.5. The molecule has 3 N–H and O–H groups in total. The first-order valence-corrected chi connectivity index (χ1v) is 10.7. The Bertz CT molecular complexity index is 1140. The summed E-state index contributed by atoms with van der Waals surface area (Å²) in [6, 6.07) is 9.64. The fourth-order valence-corrected chi connectivity index (χ4v) is 3.96. The van der Waals surface area contributed by atoms with Gasteiger partial charge in [0, 0.05) is 22.7 Å². The Balaban J connectivity index is 1.67. The topological polar surface area (TPSA) is 139 Å². The number of carbonyl (C=O) groups excluding carboxylic acids is 2. The molecule has 1 fully saturated rings. The first kappa shape index (κ1) is 24.1. The molecule has 0 radical (unpaired) electrons. The van der Waals surface area contributed by atoms with Gasteiger partial charge < -0.3 is 25.2 Å². The quantitative estimate of drug-likeness (QED) is 0.382. The second-order valence-corrected chi connectivity index (χ2v) is 8.20. The number of amides is 2. The van der Waals surface area contributed by atoms with Crippen LogP contribution in [0.5, 0.6) is 11.5 Å². The maximum atomic E-state index is 12.2. The third kappa shape index (κ3) is 6.02. The molecule has 0 bridgehead atoms. The van der Waals surface area contributed by atoms with Crippen molar-refractivity contribution in [3.05, 3.63) is 52.5 Å². The summed E-state index contributed by atoms with van der Waals surface area (Å²) in [4.78, 5) is 36.1. The number of aromatic carboxylic acids is 1. The van der Waals surface area contributed by atoms with Gasteiger partial charge in [0.05, 0.1) is 20.4 Å². The third-order valence-corrected chi connectivity index (χ3v) is 5.74. The monoisotopic (exact) mass is 490 g/mol. The van der Waals surface area contributed by atoms with Crippen molar-refractivity contribution in [2.45, 2.75) is 11.7 Å². The highest BCUT2D eigenvalue weighted by Crippen LogP contribution is 2.33. The number of benzene rings is 2. The van der Waals surface area contributed by atoms with Crippen molar-refractivity contribution in [2.75, 3.05) is 19.5 Å². The molecule has 1 heterocycles. The molecule has 1 atom stereocenters. The zero-order chi connectivity index (χ0) is 24.0. The molecule has 10 nitrogen and oxygen atoms in total. The minimum atomic E-state index is -1.23. The highest BCUT2D eigenvalue weighted by molar-refractivity contribution is 8.15. The van der Waals surface area contributed by atoms with E-state index < -0.39 is 11.2 Å². The number of hydrogen-bond acceptors (Lipinski definition) is 8. The molecule has 172 valence electrons. The fraction of sp³-hybridized carbons (Fsp3) is 0.190. The predicted octanol–water partition coefficient (Wildman–Crippen LogP) is 3.01. The summed E-state index contributed by atoms with van der Waals surface area (Å²) in [6.07, 6.45) is 1.16. The summed E-state index contributed by atoms with van der Waals surface area (Å²) in [5.74, 6) is -1.63. The molecule has 1 aliphatic rings. The van der Waals surface area contributed by atoms with Crippen molar-refractivity contribution in [1.29, 1.82) is 0 Å². The lowest BCUT2D eigenvalue weighted by molar-refractivity contribution is -0.122. The molecular formula is C21H19ClN4O6S. The van der Waals surface area contributed by atoms with Crippen molar-refractivity contribution < 1.29 is 29.0 Å². The van der Waals surface area contributed by atoms with Gasteiger partial charge in [-0.1, -0.05) is 23.4 Å². The van der Waals surface area contributed by atoms with Gasteiger partial charge >= 0.3 is 5.97 Å². The smallest absolute Gasteiger partial charge is 0.340 e. The SMILES string of the molecule is COc1ccc(/C=N\N=C2/NC(=O)[C@@H](CC(=O)Nc3ccc(Cl)cc3)S2)c(C(=O)O)c1OC. The number of rotatable bonds is 8. The number of anilines is 1. The Morgan fingerprint density at radius 3 is 2.58 bits per heavy atom. The van der Waals surface area contributed by atoms with Crippen molar-refractivity contribution >= 4 is 58.2 Å². The van der Waals surface area contributed by atoms with Crippen LogP contribution in [0.1, 0.15) is 22.3 Å². The average molecular weight is 491 g/mol. The van der Waals surface area contributed by atoms with Crippen LogP contribution in [0.4, 0.5) is 5.69 Å². The zero-order valence-corrected chi connectivity index (χ0v) is 19.1. The molecule has 12 heteroatoms. The normalized spacial score (nSPS) is 16.6. The highest BCUT2D eigenvalue weighted by Gasteiger charge is 2.32. The molecule has 2 aromatic carbocycles. The molecule has 2 amide bonds. The van der Waals surface area contributed by atoms with Crippen molar-refractivity contribution in [3.8, 4) is 11.5 Å². The van der Waals surface area contributed by atoms with E-state index in [1.165, 1.54) is 26.5 Å². The minimum Gasteiger partial charge on any atom is -0.493 e. The molecule has 0 saturated carbocycles. The van der Waals surface area contributed by atoms with Crippen molar-refractivity contribution in [2.24, 2.45) is 10.2 Å². The van der Waals surface area contributed by atoms with Crippen LogP contribution in [0.3, 0.4) is 0 Å². The Kier molecular flexibility index (Phi) is 7.91. The Morgan fingerprint density at radius 2 is 1.94 bits per heavy atom. The standard InChI is InChI=1S/C21H19ClN4O6S/c1-31-14-8-3-11(17(20(29)30)18(14)32-2)10-23-26-21-25-19(28)15(33-21)9-16(27)24-13-6-4-12(22)5-7-13/h3-8,10,15H,9H2,1-2H3,(H,24,27)(H,29,30)(H,25,26,28)/b23-10-/t15-/m1/s1. The van der Waals surface area contributed by atoms with Gasteiger partial charge in [-0.2, -0.15) is 5.10 Å². The number of nitrogens with zero attached hydrogens (tertiary/aromatic N) is 2. The number of halogens is 1. The summed E-state index contributed by atoms with van der Waals surface area (Å²) in [5, 5.41) is 22.6. The number of carboxylic acids is 1. The summed E-state index contributed by atoms with van der Waals surface area (Å²) in [5.41, 5.74) is 0.661. The predicted molar refractivity (Wildman–Crippen MR) is 126 cm³/mol. The van der Waals surface area contributed by atoms with E-state index in [0.717, 1.165) is 11.8 Å². The second-order valence-electron chi connectivity index (χ2n) is 6.58. The van der Waals surface area contributed by atoms with Crippen LogP contribution in [0.25, 0.3) is 0 Å². The van der Waals surface area contributed by atoms with Gasteiger partial charge in [-0.15, -0.1) is 5.10 Å². The number of nitrogens with one attached hydrogen (secondary N) is 2. The van der Waals surface area contributed by atoms with Crippen LogP contribution in [-0.4, -0.2) is 53.7 Å². The van der Waals surface area contributed by atoms with E-state index in [-0.39, 0.29) is 46.0 Å². The summed E-state index contributed by atoms with van der Waals surface area (Å²) < 4.78 is 10.3. The molecule has 3 rings (SSSR count). The van der Waals surface area contributed by atoms with E-state index in [0.29, 0.717) is 10.7 Å². The maximum Gasteiger partial charge on any atom is 0.340 e. The fourth-order valence-electron chi connectivity index (χ4n) is 2.91. The molecule has 0 unspecified atom stereocenters. The molecule has 0 spiro atoms. The number of ether oxygens (including phenoxy) is 2. The molecular weight excluding hydrogens is 472 g/mol. The van der Waals surface area contributed by atoms with Crippen LogP contribution in [0, 0.1) is 0 Å². The van der Waals surface area contributed by atoms with Gasteiger partial charge in [-0.3, -0.25) is 9.59 Å². The molecule has 1 aliphatic heterocycles. The van der Waals surface area contributed by atoms with Crippen LogP contribution < -0.4 is 20.1 Å². The lowest BCUT2D eigenvalue weighted by atomic mass is 10.1. The molecule has 33 heavy (non-hydrogen) atoms. The van der Waals surface area contributed by atoms with Gasteiger partial charge in [0.25, 0.3) is 0 Å². The van der Waals surface area contributed by atoms with Crippen molar-refractivity contribution in [3.63, 3.8) is 0 Å². The number of hydrogen-bond donors (Lipinski definition) is 3. The van der Waals surface area contributed by atoms with Gasteiger partial charge in [0.2, 0.25) is 11.8 Å². The Hall–Kier alpha value is -3.57. The first-order valence-electron chi connectivity index (χ1n) is 9.44. The van der Waals surface area contributed by atoms with E-state index in [2.05, 4.69) is 20.8 Å². The van der Waals surface area contributed by atoms with Crippen LogP contribution in [-0.2, 0) is 9.59 Å². The minimum absolute atomic E-state index is 0.0527.